The van der Waals surface area contributed by atoms with E-state index in [9.17, 15) is 4.79 Å². The monoisotopic (exact) mass is 292 g/mol. The zero-order chi connectivity index (χ0) is 13.9. The van der Waals surface area contributed by atoms with Gasteiger partial charge in [-0.2, -0.15) is 0 Å². The van der Waals surface area contributed by atoms with Crippen LogP contribution in [0.25, 0.3) is 0 Å². The number of rotatable bonds is 3. The normalized spacial score (nSPS) is 21.9. The largest absolute Gasteiger partial charge is 0.342 e. The third-order valence-corrected chi connectivity index (χ3v) is 4.63. The zero-order valence-corrected chi connectivity index (χ0v) is 12.5. The molecule has 0 bridgehead atoms. The second-order valence-electron chi connectivity index (χ2n) is 5.76. The number of carbonyl (C=O) groups excluding carboxylic acids is 1. The second kappa shape index (κ2) is 6.15. The Labute approximate surface area is 125 Å². The summed E-state index contributed by atoms with van der Waals surface area (Å²) in [5.41, 5.74) is 2.63. The van der Waals surface area contributed by atoms with Crippen LogP contribution in [0.3, 0.4) is 0 Å². The van der Waals surface area contributed by atoms with Gasteiger partial charge in [0, 0.05) is 24.2 Å². The van der Waals surface area contributed by atoms with Crippen LogP contribution in [0.5, 0.6) is 0 Å². The van der Waals surface area contributed by atoms with E-state index in [2.05, 4.69) is 11.4 Å². The van der Waals surface area contributed by atoms with Crippen molar-refractivity contribution < 1.29 is 4.79 Å². The molecule has 1 aliphatic carbocycles. The van der Waals surface area contributed by atoms with Gasteiger partial charge in [0.1, 0.15) is 0 Å². The van der Waals surface area contributed by atoms with Crippen LogP contribution < -0.4 is 5.32 Å². The molecule has 1 aromatic carbocycles. The summed E-state index contributed by atoms with van der Waals surface area (Å²) in [6, 6.07) is 6.38. The van der Waals surface area contributed by atoms with Crippen molar-refractivity contribution in [2.24, 2.45) is 0 Å². The van der Waals surface area contributed by atoms with Crippen molar-refractivity contribution in [3.63, 3.8) is 0 Å². The van der Waals surface area contributed by atoms with Gasteiger partial charge in [-0.3, -0.25) is 4.79 Å². The number of aryl methyl sites for hydroxylation is 1. The number of hydrogen-bond acceptors (Lipinski definition) is 2. The van der Waals surface area contributed by atoms with E-state index in [4.69, 9.17) is 11.6 Å². The average molecular weight is 293 g/mol. The van der Waals surface area contributed by atoms with Gasteiger partial charge in [-0.25, -0.2) is 0 Å². The summed E-state index contributed by atoms with van der Waals surface area (Å²) in [4.78, 5) is 14.2. The summed E-state index contributed by atoms with van der Waals surface area (Å²) in [6.45, 7) is 2.31. The lowest BCUT2D eigenvalue weighted by molar-refractivity contribution is -0.131. The van der Waals surface area contributed by atoms with Crippen molar-refractivity contribution in [2.75, 3.05) is 19.6 Å². The Balaban J connectivity index is 1.56. The molecule has 1 amide bonds. The minimum Gasteiger partial charge on any atom is -0.342 e. The summed E-state index contributed by atoms with van der Waals surface area (Å²) < 4.78 is 0. The molecule has 1 aliphatic heterocycles. The number of nitrogens with zero attached hydrogens (tertiary/aromatic N) is 1. The molecule has 20 heavy (non-hydrogen) atoms. The second-order valence-corrected chi connectivity index (χ2v) is 6.19. The van der Waals surface area contributed by atoms with Gasteiger partial charge in [-0.1, -0.05) is 17.7 Å². The van der Waals surface area contributed by atoms with Gasteiger partial charge in [0.25, 0.3) is 0 Å². The SMILES string of the molecule is O=C(CNC1CCc2cc(Cl)ccc21)N1CCCCC1. The summed E-state index contributed by atoms with van der Waals surface area (Å²) in [5.74, 6) is 0.243. The van der Waals surface area contributed by atoms with Crippen LogP contribution in [0.2, 0.25) is 5.02 Å². The predicted molar refractivity (Wildman–Crippen MR) is 80.9 cm³/mol. The first-order chi connectivity index (χ1) is 9.74. The molecule has 0 aromatic heterocycles. The van der Waals surface area contributed by atoms with Crippen molar-refractivity contribution in [1.29, 1.82) is 0 Å². The Morgan fingerprint density at radius 2 is 2.10 bits per heavy atom. The van der Waals surface area contributed by atoms with Crippen molar-refractivity contribution in [1.82, 2.24) is 10.2 Å². The average Bonchev–Trinajstić information content (AvgIpc) is 2.88. The molecule has 108 valence electrons. The number of benzene rings is 1. The quantitative estimate of drug-likeness (QED) is 0.929. The minimum atomic E-state index is 0.243. The molecule has 4 heteroatoms. The van der Waals surface area contributed by atoms with Crippen LogP contribution >= 0.6 is 11.6 Å². The number of halogens is 1. The molecule has 1 aromatic rings. The molecule has 1 heterocycles. The van der Waals surface area contributed by atoms with Crippen molar-refractivity contribution in [3.8, 4) is 0 Å². The third kappa shape index (κ3) is 2.99. The van der Waals surface area contributed by atoms with Gasteiger partial charge in [-0.15, -0.1) is 0 Å². The minimum absolute atomic E-state index is 0.243. The molecule has 0 spiro atoms. The fraction of sp³-hybridized carbons (Fsp3) is 0.562. The molecule has 3 rings (SSSR count). The van der Waals surface area contributed by atoms with E-state index >= 15 is 0 Å². The third-order valence-electron chi connectivity index (χ3n) is 4.39. The lowest BCUT2D eigenvalue weighted by atomic mass is 10.1. The number of amides is 1. The molecular weight excluding hydrogens is 272 g/mol. The Morgan fingerprint density at radius 1 is 1.30 bits per heavy atom. The summed E-state index contributed by atoms with van der Waals surface area (Å²) in [7, 11) is 0. The van der Waals surface area contributed by atoms with Gasteiger partial charge in [-0.05, 0) is 55.4 Å². The lowest BCUT2D eigenvalue weighted by Crippen LogP contribution is -2.41. The standard InChI is InChI=1S/C16H21ClN2O/c17-13-5-6-14-12(10-13)4-7-15(14)18-11-16(20)19-8-2-1-3-9-19/h5-6,10,15,18H,1-4,7-9,11H2. The molecule has 0 radical (unpaired) electrons. The van der Waals surface area contributed by atoms with Crippen LogP contribution in [0.1, 0.15) is 42.9 Å². The van der Waals surface area contributed by atoms with Gasteiger partial charge in [0.05, 0.1) is 6.54 Å². The van der Waals surface area contributed by atoms with Gasteiger partial charge >= 0.3 is 0 Å². The van der Waals surface area contributed by atoms with E-state index in [0.717, 1.165) is 43.8 Å². The topological polar surface area (TPSA) is 32.3 Å². The smallest absolute Gasteiger partial charge is 0.236 e. The Morgan fingerprint density at radius 3 is 2.90 bits per heavy atom. The molecule has 0 saturated carbocycles. The van der Waals surface area contributed by atoms with Crippen LogP contribution in [-0.2, 0) is 11.2 Å². The number of fused-ring (bicyclic) bond motifs is 1. The molecular formula is C16H21ClN2O. The van der Waals surface area contributed by atoms with E-state index in [1.807, 2.05) is 17.0 Å². The van der Waals surface area contributed by atoms with Crippen molar-refractivity contribution >= 4 is 17.5 Å². The fourth-order valence-electron chi connectivity index (χ4n) is 3.26. The highest BCUT2D eigenvalue weighted by Gasteiger charge is 2.24. The highest BCUT2D eigenvalue weighted by atomic mass is 35.5. The van der Waals surface area contributed by atoms with E-state index in [1.54, 1.807) is 0 Å². The zero-order valence-electron chi connectivity index (χ0n) is 11.7. The first kappa shape index (κ1) is 13.9. The summed E-state index contributed by atoms with van der Waals surface area (Å²) in [6.07, 6.45) is 5.66. The number of piperidine rings is 1. The van der Waals surface area contributed by atoms with Gasteiger partial charge in [0.15, 0.2) is 0 Å². The highest BCUT2D eigenvalue weighted by molar-refractivity contribution is 6.30. The van der Waals surface area contributed by atoms with Crippen LogP contribution in [-0.4, -0.2) is 30.4 Å². The molecule has 1 saturated heterocycles. The maximum Gasteiger partial charge on any atom is 0.236 e. The van der Waals surface area contributed by atoms with E-state index < -0.39 is 0 Å². The first-order valence-electron chi connectivity index (χ1n) is 7.53. The fourth-order valence-corrected chi connectivity index (χ4v) is 3.46. The van der Waals surface area contributed by atoms with Gasteiger partial charge < -0.3 is 10.2 Å². The lowest BCUT2D eigenvalue weighted by Gasteiger charge is -2.27. The first-order valence-corrected chi connectivity index (χ1v) is 7.91. The highest BCUT2D eigenvalue weighted by Crippen LogP contribution is 2.32. The van der Waals surface area contributed by atoms with E-state index in [1.165, 1.54) is 17.5 Å². The number of nitrogens with one attached hydrogen (secondary N) is 1. The number of carbonyl (C=O) groups is 1. The van der Waals surface area contributed by atoms with Crippen molar-refractivity contribution in [3.05, 3.63) is 34.3 Å². The maximum absolute atomic E-state index is 12.2. The maximum atomic E-state index is 12.2. The van der Waals surface area contributed by atoms with E-state index in [-0.39, 0.29) is 5.91 Å². The summed E-state index contributed by atoms with van der Waals surface area (Å²) in [5, 5.41) is 4.22. The van der Waals surface area contributed by atoms with Crippen LogP contribution in [0, 0.1) is 0 Å². The molecule has 2 aliphatic rings. The molecule has 1 fully saturated rings. The number of hydrogen-bond donors (Lipinski definition) is 1. The Hall–Kier alpha value is -1.06. The van der Waals surface area contributed by atoms with Gasteiger partial charge in [0.2, 0.25) is 5.91 Å². The summed E-state index contributed by atoms with van der Waals surface area (Å²) >= 11 is 6.02. The Bertz CT molecular complexity index is 497. The number of likely N-dealkylation sites (tertiary alicyclic amines) is 1. The van der Waals surface area contributed by atoms with Crippen LogP contribution in [0.4, 0.5) is 0 Å². The predicted octanol–water partition coefficient (Wildman–Crippen LogP) is 2.93. The molecule has 3 nitrogen and oxygen atoms in total. The molecule has 1 atom stereocenters. The molecule has 1 N–H and O–H groups in total. The molecule has 1 unspecified atom stereocenters. The van der Waals surface area contributed by atoms with E-state index in [0.29, 0.717) is 12.6 Å². The van der Waals surface area contributed by atoms with Crippen molar-refractivity contribution in [2.45, 2.75) is 38.1 Å². The Kier molecular flexibility index (Phi) is 4.27. The van der Waals surface area contributed by atoms with Crippen LogP contribution in [0.15, 0.2) is 18.2 Å².